The largest absolute Gasteiger partial charge is 0.385 e. The molecule has 0 aromatic heterocycles. The maximum Gasteiger partial charge on any atom is 0.0474 e. The second-order valence-corrected chi connectivity index (χ2v) is 3.83. The van der Waals surface area contributed by atoms with E-state index in [4.69, 9.17) is 4.74 Å². The minimum absolute atomic E-state index is 0.868. The van der Waals surface area contributed by atoms with Gasteiger partial charge in [0.15, 0.2) is 0 Å². The summed E-state index contributed by atoms with van der Waals surface area (Å²) in [5.74, 6) is 0. The minimum atomic E-state index is 0.868. The predicted molar refractivity (Wildman–Crippen MR) is 66.4 cm³/mol. The zero-order chi connectivity index (χ0) is 11.4. The monoisotopic (exact) mass is 216 g/mol. The van der Waals surface area contributed by atoms with Gasteiger partial charge in [0.25, 0.3) is 0 Å². The molecular formula is C12H28N2O. The van der Waals surface area contributed by atoms with Gasteiger partial charge in [0.05, 0.1) is 0 Å². The molecule has 0 heterocycles. The summed E-state index contributed by atoms with van der Waals surface area (Å²) in [5.41, 5.74) is 0. The van der Waals surface area contributed by atoms with Gasteiger partial charge in [-0.2, -0.15) is 0 Å². The van der Waals surface area contributed by atoms with Crippen LogP contribution in [0.2, 0.25) is 0 Å². The summed E-state index contributed by atoms with van der Waals surface area (Å²) in [6.07, 6.45) is 3.70. The van der Waals surface area contributed by atoms with Crippen LogP contribution < -0.4 is 5.32 Å². The highest BCUT2D eigenvalue weighted by molar-refractivity contribution is 4.54. The van der Waals surface area contributed by atoms with Crippen molar-refractivity contribution >= 4 is 0 Å². The Kier molecular flexibility index (Phi) is 11.9. The Morgan fingerprint density at radius 2 is 1.67 bits per heavy atom. The van der Waals surface area contributed by atoms with Crippen LogP contribution in [0, 0.1) is 0 Å². The van der Waals surface area contributed by atoms with E-state index in [0.717, 1.165) is 26.1 Å². The molecular weight excluding hydrogens is 188 g/mol. The highest BCUT2D eigenvalue weighted by Gasteiger charge is 1.97. The lowest BCUT2D eigenvalue weighted by molar-refractivity contribution is 0.194. The molecule has 0 aromatic rings. The molecule has 0 saturated heterocycles. The van der Waals surface area contributed by atoms with E-state index in [1.54, 1.807) is 7.11 Å². The molecule has 0 rings (SSSR count). The van der Waals surface area contributed by atoms with Gasteiger partial charge in [-0.3, -0.25) is 0 Å². The summed E-state index contributed by atoms with van der Waals surface area (Å²) in [4.78, 5) is 2.48. The Morgan fingerprint density at radius 3 is 2.27 bits per heavy atom. The van der Waals surface area contributed by atoms with Crippen molar-refractivity contribution in [2.24, 2.45) is 0 Å². The first-order valence-electron chi connectivity index (χ1n) is 6.27. The highest BCUT2D eigenvalue weighted by Crippen LogP contribution is 1.93. The molecule has 1 N–H and O–H groups in total. The van der Waals surface area contributed by atoms with Crippen molar-refractivity contribution < 1.29 is 4.74 Å². The summed E-state index contributed by atoms with van der Waals surface area (Å²) in [7, 11) is 1.75. The van der Waals surface area contributed by atoms with Gasteiger partial charge >= 0.3 is 0 Å². The summed E-state index contributed by atoms with van der Waals surface area (Å²) < 4.78 is 4.98. The van der Waals surface area contributed by atoms with Gasteiger partial charge < -0.3 is 15.0 Å². The topological polar surface area (TPSA) is 24.5 Å². The van der Waals surface area contributed by atoms with Crippen LogP contribution in [0.5, 0.6) is 0 Å². The van der Waals surface area contributed by atoms with Crippen molar-refractivity contribution in [3.8, 4) is 0 Å². The molecule has 15 heavy (non-hydrogen) atoms. The average molecular weight is 216 g/mol. The first-order chi connectivity index (χ1) is 7.35. The van der Waals surface area contributed by atoms with Crippen LogP contribution in [-0.2, 0) is 4.74 Å². The van der Waals surface area contributed by atoms with Gasteiger partial charge in [0.1, 0.15) is 0 Å². The molecule has 0 saturated carbocycles. The fourth-order valence-corrected chi connectivity index (χ4v) is 1.59. The molecule has 0 aliphatic carbocycles. The number of methoxy groups -OCH3 is 1. The smallest absolute Gasteiger partial charge is 0.0474 e. The van der Waals surface area contributed by atoms with E-state index in [1.807, 2.05) is 0 Å². The van der Waals surface area contributed by atoms with Crippen molar-refractivity contribution in [1.82, 2.24) is 10.2 Å². The molecule has 0 radical (unpaired) electrons. The first kappa shape index (κ1) is 14.9. The molecule has 0 unspecified atom stereocenters. The fraction of sp³-hybridized carbons (Fsp3) is 1.00. The third-order valence-electron chi connectivity index (χ3n) is 2.67. The van der Waals surface area contributed by atoms with Crippen LogP contribution in [0.3, 0.4) is 0 Å². The minimum Gasteiger partial charge on any atom is -0.385 e. The predicted octanol–water partition coefficient (Wildman–Crippen LogP) is 1.73. The SMILES string of the molecule is CCN(CC)CCCCNCCCOC. The zero-order valence-corrected chi connectivity index (χ0v) is 10.7. The lowest BCUT2D eigenvalue weighted by atomic mass is 10.3. The molecule has 0 fully saturated rings. The Hall–Kier alpha value is -0.120. The van der Waals surface area contributed by atoms with Crippen molar-refractivity contribution in [1.29, 1.82) is 0 Å². The molecule has 0 aliphatic rings. The second kappa shape index (κ2) is 12.0. The summed E-state index contributed by atoms with van der Waals surface area (Å²) in [6.45, 7) is 11.2. The van der Waals surface area contributed by atoms with Crippen LogP contribution >= 0.6 is 0 Å². The van der Waals surface area contributed by atoms with Gasteiger partial charge in [-0.1, -0.05) is 13.8 Å². The maximum absolute atomic E-state index is 4.98. The van der Waals surface area contributed by atoms with E-state index in [2.05, 4.69) is 24.1 Å². The number of rotatable bonds is 11. The maximum atomic E-state index is 4.98. The number of unbranched alkanes of at least 4 members (excludes halogenated alkanes) is 1. The molecule has 0 bridgehead atoms. The zero-order valence-electron chi connectivity index (χ0n) is 10.7. The quantitative estimate of drug-likeness (QED) is 0.532. The van der Waals surface area contributed by atoms with E-state index in [-0.39, 0.29) is 0 Å². The van der Waals surface area contributed by atoms with Gasteiger partial charge in [-0.25, -0.2) is 0 Å². The first-order valence-corrected chi connectivity index (χ1v) is 6.27. The molecule has 92 valence electrons. The Labute approximate surface area is 95.2 Å². The van der Waals surface area contributed by atoms with Gasteiger partial charge in [0, 0.05) is 13.7 Å². The molecule has 0 spiro atoms. The standard InChI is InChI=1S/C12H28N2O/c1-4-14(5-2)11-7-6-9-13-10-8-12-15-3/h13H,4-12H2,1-3H3. The summed E-state index contributed by atoms with van der Waals surface area (Å²) in [5, 5.41) is 3.43. The van der Waals surface area contributed by atoms with Gasteiger partial charge in [0.2, 0.25) is 0 Å². The molecule has 0 atom stereocenters. The average Bonchev–Trinajstić information content (AvgIpc) is 2.27. The lowest BCUT2D eigenvalue weighted by Gasteiger charge is -2.17. The molecule has 3 heteroatoms. The Morgan fingerprint density at radius 1 is 1.00 bits per heavy atom. The van der Waals surface area contributed by atoms with E-state index < -0.39 is 0 Å². The molecule has 3 nitrogen and oxygen atoms in total. The number of nitrogens with one attached hydrogen (secondary N) is 1. The second-order valence-electron chi connectivity index (χ2n) is 3.83. The van der Waals surface area contributed by atoms with E-state index in [9.17, 15) is 0 Å². The van der Waals surface area contributed by atoms with Crippen LogP contribution in [0.1, 0.15) is 33.1 Å². The normalized spacial score (nSPS) is 11.2. The van der Waals surface area contributed by atoms with Crippen LogP contribution in [0.25, 0.3) is 0 Å². The van der Waals surface area contributed by atoms with E-state index in [0.29, 0.717) is 0 Å². The van der Waals surface area contributed by atoms with E-state index >= 15 is 0 Å². The number of nitrogens with zero attached hydrogens (tertiary/aromatic N) is 1. The summed E-state index contributed by atoms with van der Waals surface area (Å²) in [6, 6.07) is 0. The van der Waals surface area contributed by atoms with Gasteiger partial charge in [-0.05, 0) is 52.0 Å². The van der Waals surface area contributed by atoms with Crippen molar-refractivity contribution in [3.63, 3.8) is 0 Å². The fourth-order valence-electron chi connectivity index (χ4n) is 1.59. The number of hydrogen-bond acceptors (Lipinski definition) is 3. The molecule has 0 amide bonds. The van der Waals surface area contributed by atoms with Crippen molar-refractivity contribution in [2.75, 3.05) is 46.4 Å². The van der Waals surface area contributed by atoms with Crippen molar-refractivity contribution in [2.45, 2.75) is 33.1 Å². The lowest BCUT2D eigenvalue weighted by Crippen LogP contribution is -2.25. The number of ether oxygens (including phenoxy) is 1. The van der Waals surface area contributed by atoms with Crippen molar-refractivity contribution in [3.05, 3.63) is 0 Å². The number of hydrogen-bond donors (Lipinski definition) is 1. The van der Waals surface area contributed by atoms with Crippen LogP contribution in [0.4, 0.5) is 0 Å². The van der Waals surface area contributed by atoms with E-state index in [1.165, 1.54) is 32.5 Å². The summed E-state index contributed by atoms with van der Waals surface area (Å²) >= 11 is 0. The van der Waals surface area contributed by atoms with Crippen LogP contribution in [-0.4, -0.2) is 51.3 Å². The molecule has 0 aromatic carbocycles. The Balaban J connectivity index is 3.04. The third-order valence-corrected chi connectivity index (χ3v) is 2.67. The Bertz CT molecular complexity index is 116. The van der Waals surface area contributed by atoms with Gasteiger partial charge in [-0.15, -0.1) is 0 Å². The molecule has 0 aliphatic heterocycles. The highest BCUT2D eigenvalue weighted by atomic mass is 16.5. The van der Waals surface area contributed by atoms with Crippen LogP contribution in [0.15, 0.2) is 0 Å². The third kappa shape index (κ3) is 10.2.